The van der Waals surface area contributed by atoms with E-state index in [9.17, 15) is 10.2 Å². The van der Waals surface area contributed by atoms with Crippen molar-refractivity contribution in [1.29, 1.82) is 0 Å². The molecule has 0 unspecified atom stereocenters. The number of allylic oxidation sites excluding steroid dienone is 1. The molecule has 0 aliphatic carbocycles. The molecule has 0 saturated carbocycles. The Labute approximate surface area is 119 Å². The highest BCUT2D eigenvalue weighted by Gasteiger charge is 2.55. The first-order valence-electron chi connectivity index (χ1n) is 7.01. The molecule has 0 bridgehead atoms. The van der Waals surface area contributed by atoms with Gasteiger partial charge in [-0.2, -0.15) is 0 Å². The van der Waals surface area contributed by atoms with E-state index >= 15 is 0 Å². The van der Waals surface area contributed by atoms with Gasteiger partial charge >= 0.3 is 0 Å². The Morgan fingerprint density at radius 1 is 1.30 bits per heavy atom. The van der Waals surface area contributed by atoms with Gasteiger partial charge in [-0.05, 0) is 26.7 Å². The van der Waals surface area contributed by atoms with E-state index in [1.165, 1.54) is 0 Å². The second kappa shape index (κ2) is 6.51. The number of rotatable bonds is 6. The van der Waals surface area contributed by atoms with Crippen LogP contribution in [-0.2, 0) is 18.9 Å². The normalized spacial score (nSPS) is 39.5. The van der Waals surface area contributed by atoms with E-state index in [2.05, 4.69) is 6.58 Å². The molecule has 2 heterocycles. The summed E-state index contributed by atoms with van der Waals surface area (Å²) < 4.78 is 22.7. The van der Waals surface area contributed by atoms with Gasteiger partial charge in [0, 0.05) is 0 Å². The van der Waals surface area contributed by atoms with Crippen molar-refractivity contribution in [3.63, 3.8) is 0 Å². The summed E-state index contributed by atoms with van der Waals surface area (Å²) in [5, 5.41) is 19.4. The van der Waals surface area contributed by atoms with Crippen LogP contribution in [0.5, 0.6) is 0 Å². The van der Waals surface area contributed by atoms with Crippen molar-refractivity contribution in [3.05, 3.63) is 12.7 Å². The molecule has 6 heteroatoms. The average molecular weight is 288 g/mol. The van der Waals surface area contributed by atoms with Crippen molar-refractivity contribution in [2.45, 2.75) is 63.2 Å². The van der Waals surface area contributed by atoms with Crippen molar-refractivity contribution in [2.75, 3.05) is 13.2 Å². The van der Waals surface area contributed by atoms with Gasteiger partial charge in [-0.25, -0.2) is 0 Å². The molecular weight excluding hydrogens is 264 g/mol. The van der Waals surface area contributed by atoms with Gasteiger partial charge in [-0.15, -0.1) is 6.58 Å². The number of aliphatic hydroxyl groups excluding tert-OH is 2. The molecule has 5 atom stereocenters. The molecule has 0 spiro atoms. The fraction of sp³-hybridized carbons (Fsp3) is 0.857. The van der Waals surface area contributed by atoms with Crippen LogP contribution in [0.1, 0.15) is 26.7 Å². The molecule has 0 radical (unpaired) electrons. The van der Waals surface area contributed by atoms with Gasteiger partial charge in [0.25, 0.3) is 0 Å². The predicted octanol–water partition coefficient (Wildman–Crippen LogP) is 0.567. The predicted molar refractivity (Wildman–Crippen MR) is 71.0 cm³/mol. The molecule has 2 fully saturated rings. The quantitative estimate of drug-likeness (QED) is 0.549. The minimum absolute atomic E-state index is 0.291. The molecule has 116 valence electrons. The van der Waals surface area contributed by atoms with Gasteiger partial charge in [0.1, 0.15) is 24.4 Å². The lowest BCUT2D eigenvalue weighted by Gasteiger charge is -2.39. The summed E-state index contributed by atoms with van der Waals surface area (Å²) in [5.74, 6) is -0.799. The zero-order chi connectivity index (χ0) is 14.8. The van der Waals surface area contributed by atoms with Crippen LogP contribution in [0.3, 0.4) is 0 Å². The molecule has 2 saturated heterocycles. The SMILES string of the molecule is C=CCCCO[C@H]1O[C@H](CO)[C@@H](O)[C@@H]2OC(C)(C)O[C@H]12. The van der Waals surface area contributed by atoms with E-state index < -0.39 is 36.5 Å². The van der Waals surface area contributed by atoms with Crippen LogP contribution in [0, 0.1) is 0 Å². The molecule has 0 amide bonds. The summed E-state index contributed by atoms with van der Waals surface area (Å²) in [5.41, 5.74) is 0. The van der Waals surface area contributed by atoms with Crippen LogP contribution < -0.4 is 0 Å². The highest BCUT2D eigenvalue weighted by Crippen LogP contribution is 2.37. The van der Waals surface area contributed by atoms with Crippen LogP contribution >= 0.6 is 0 Å². The van der Waals surface area contributed by atoms with E-state index in [0.29, 0.717) is 6.61 Å². The van der Waals surface area contributed by atoms with Gasteiger partial charge in [0.2, 0.25) is 0 Å². The van der Waals surface area contributed by atoms with E-state index in [-0.39, 0.29) is 6.61 Å². The standard InChI is InChI=1S/C14H24O6/c1-4-5-6-7-17-13-12-11(19-14(2,3)20-12)10(16)9(8-15)18-13/h4,9-13,15-16H,1,5-8H2,2-3H3/t9-,10-,11+,12+,13+/m1/s1. The Morgan fingerprint density at radius 3 is 2.65 bits per heavy atom. The third-order valence-electron chi connectivity index (χ3n) is 3.47. The molecular formula is C14H24O6. The Hall–Kier alpha value is -0.500. The molecule has 0 aromatic rings. The van der Waals surface area contributed by atoms with Gasteiger partial charge in [-0.3, -0.25) is 0 Å². The first-order valence-corrected chi connectivity index (χ1v) is 7.01. The van der Waals surface area contributed by atoms with Crippen molar-refractivity contribution in [3.8, 4) is 0 Å². The monoisotopic (exact) mass is 288 g/mol. The van der Waals surface area contributed by atoms with Gasteiger partial charge in [0.15, 0.2) is 12.1 Å². The molecule has 2 aliphatic heterocycles. The largest absolute Gasteiger partial charge is 0.394 e. The van der Waals surface area contributed by atoms with Gasteiger partial charge in [0.05, 0.1) is 13.2 Å². The van der Waals surface area contributed by atoms with Gasteiger partial charge in [-0.1, -0.05) is 6.08 Å². The summed E-state index contributed by atoms with van der Waals surface area (Å²) in [6.45, 7) is 7.42. The lowest BCUT2D eigenvalue weighted by atomic mass is 9.99. The highest BCUT2D eigenvalue weighted by atomic mass is 16.8. The molecule has 0 aromatic carbocycles. The fourth-order valence-corrected chi connectivity index (χ4v) is 2.55. The first kappa shape index (κ1) is 15.9. The van der Waals surface area contributed by atoms with Crippen LogP contribution in [0.4, 0.5) is 0 Å². The van der Waals surface area contributed by atoms with Crippen molar-refractivity contribution in [1.82, 2.24) is 0 Å². The maximum atomic E-state index is 10.1. The minimum Gasteiger partial charge on any atom is -0.394 e. The summed E-state index contributed by atoms with van der Waals surface area (Å²) in [6, 6.07) is 0. The maximum Gasteiger partial charge on any atom is 0.187 e. The van der Waals surface area contributed by atoms with E-state index in [4.69, 9.17) is 18.9 Å². The maximum absolute atomic E-state index is 10.1. The van der Waals surface area contributed by atoms with E-state index in [0.717, 1.165) is 12.8 Å². The minimum atomic E-state index is -0.931. The van der Waals surface area contributed by atoms with E-state index in [1.54, 1.807) is 13.8 Å². The summed E-state index contributed by atoms with van der Waals surface area (Å²) >= 11 is 0. The number of hydrogen-bond donors (Lipinski definition) is 2. The summed E-state index contributed by atoms with van der Waals surface area (Å²) in [4.78, 5) is 0. The van der Waals surface area contributed by atoms with Crippen molar-refractivity contribution in [2.24, 2.45) is 0 Å². The number of hydrogen-bond acceptors (Lipinski definition) is 6. The third kappa shape index (κ3) is 3.39. The number of fused-ring (bicyclic) bond motifs is 1. The third-order valence-corrected chi connectivity index (χ3v) is 3.47. The number of aliphatic hydroxyl groups is 2. The zero-order valence-corrected chi connectivity index (χ0v) is 12.0. The lowest BCUT2D eigenvalue weighted by Crippen LogP contribution is -2.58. The second-order valence-electron chi connectivity index (χ2n) is 5.58. The number of unbranched alkanes of at least 4 members (excludes halogenated alkanes) is 1. The van der Waals surface area contributed by atoms with Crippen LogP contribution in [0.25, 0.3) is 0 Å². The Balaban J connectivity index is 2.00. The van der Waals surface area contributed by atoms with Crippen LogP contribution in [0.15, 0.2) is 12.7 Å². The molecule has 2 N–H and O–H groups in total. The van der Waals surface area contributed by atoms with Crippen molar-refractivity contribution >= 4 is 0 Å². The Bertz CT molecular complexity index is 332. The number of ether oxygens (including phenoxy) is 4. The molecule has 20 heavy (non-hydrogen) atoms. The first-order chi connectivity index (χ1) is 9.48. The molecule has 0 aromatic heterocycles. The molecule has 6 nitrogen and oxygen atoms in total. The fourth-order valence-electron chi connectivity index (χ4n) is 2.55. The van der Waals surface area contributed by atoms with Crippen LogP contribution in [0.2, 0.25) is 0 Å². The highest BCUT2D eigenvalue weighted by molar-refractivity contribution is 4.96. The Kier molecular flexibility index (Phi) is 5.17. The molecule has 2 aliphatic rings. The Morgan fingerprint density at radius 2 is 2.00 bits per heavy atom. The lowest BCUT2D eigenvalue weighted by molar-refractivity contribution is -0.280. The van der Waals surface area contributed by atoms with Gasteiger partial charge < -0.3 is 29.2 Å². The second-order valence-corrected chi connectivity index (χ2v) is 5.58. The smallest absolute Gasteiger partial charge is 0.187 e. The summed E-state index contributed by atoms with van der Waals surface area (Å²) in [6.07, 6.45) is 0.163. The molecule has 2 rings (SSSR count). The zero-order valence-electron chi connectivity index (χ0n) is 12.0. The topological polar surface area (TPSA) is 77.4 Å². The summed E-state index contributed by atoms with van der Waals surface area (Å²) in [7, 11) is 0. The average Bonchev–Trinajstić information content (AvgIpc) is 2.73. The van der Waals surface area contributed by atoms with E-state index in [1.807, 2.05) is 6.08 Å². The van der Waals surface area contributed by atoms with Crippen molar-refractivity contribution < 1.29 is 29.2 Å². The van der Waals surface area contributed by atoms with Crippen LogP contribution in [-0.4, -0.2) is 59.9 Å².